The molecule has 1 aromatic carbocycles. The Labute approximate surface area is 219 Å². The second-order valence-corrected chi connectivity index (χ2v) is 11.1. The van der Waals surface area contributed by atoms with Crippen molar-refractivity contribution in [3.05, 3.63) is 41.1 Å². The first-order chi connectivity index (χ1) is 17.7. The third kappa shape index (κ3) is 5.51. The van der Waals surface area contributed by atoms with Crippen molar-refractivity contribution in [3.8, 4) is 0 Å². The van der Waals surface area contributed by atoms with E-state index in [4.69, 9.17) is 0 Å². The highest BCUT2D eigenvalue weighted by molar-refractivity contribution is 6.08. The predicted octanol–water partition coefficient (Wildman–Crippen LogP) is 4.56. The standard InChI is InChI=1S/C27H32F3N5O3/c1-15-10-16(2)33-24(37)20(15)13-31-23(36)19-11-17(27(28,29)30)12-22-21(19)14-32-35(22)18-6-8-34(9-7-18)25(38)26(3,4)5/h10-12,14,18,20H,6-9,13H2,1-5H3,(H,31,36). The average molecular weight is 532 g/mol. The molecular weight excluding hydrogens is 499 g/mol. The van der Waals surface area contributed by atoms with Crippen molar-refractivity contribution in [2.75, 3.05) is 19.6 Å². The molecule has 0 bridgehead atoms. The van der Waals surface area contributed by atoms with Gasteiger partial charge in [-0.25, -0.2) is 4.99 Å². The third-order valence-corrected chi connectivity index (χ3v) is 7.06. The highest BCUT2D eigenvalue weighted by atomic mass is 19.4. The molecule has 0 aliphatic carbocycles. The normalized spacial score (nSPS) is 19.4. The lowest BCUT2D eigenvalue weighted by molar-refractivity contribution is -0.141. The lowest BCUT2D eigenvalue weighted by Gasteiger charge is -2.36. The minimum absolute atomic E-state index is 0.0296. The van der Waals surface area contributed by atoms with E-state index in [1.54, 1.807) is 24.8 Å². The second-order valence-electron chi connectivity index (χ2n) is 11.1. The van der Waals surface area contributed by atoms with Crippen molar-refractivity contribution in [1.82, 2.24) is 20.0 Å². The van der Waals surface area contributed by atoms with Gasteiger partial charge in [0.15, 0.2) is 0 Å². The van der Waals surface area contributed by atoms with Crippen LogP contribution in [0.15, 0.2) is 35.0 Å². The van der Waals surface area contributed by atoms with Gasteiger partial charge in [0.2, 0.25) is 5.91 Å². The smallest absolute Gasteiger partial charge is 0.351 e. The van der Waals surface area contributed by atoms with Gasteiger partial charge in [0, 0.05) is 36.1 Å². The fraction of sp³-hybridized carbons (Fsp3) is 0.519. The van der Waals surface area contributed by atoms with E-state index in [2.05, 4.69) is 15.4 Å². The number of rotatable bonds is 4. The van der Waals surface area contributed by atoms with Crippen molar-refractivity contribution < 1.29 is 27.6 Å². The van der Waals surface area contributed by atoms with Crippen LogP contribution in [0.4, 0.5) is 13.2 Å². The summed E-state index contributed by atoms with van der Waals surface area (Å²) < 4.78 is 43.0. The number of hydrogen-bond donors (Lipinski definition) is 1. The van der Waals surface area contributed by atoms with Gasteiger partial charge in [-0.15, -0.1) is 0 Å². The van der Waals surface area contributed by atoms with E-state index in [-0.39, 0.29) is 29.6 Å². The molecule has 0 saturated carbocycles. The number of carbonyl (C=O) groups is 3. The number of allylic oxidation sites excluding steroid dienone is 1. The van der Waals surface area contributed by atoms with Crippen molar-refractivity contribution >= 4 is 34.3 Å². The van der Waals surface area contributed by atoms with Crippen molar-refractivity contribution in [1.29, 1.82) is 0 Å². The van der Waals surface area contributed by atoms with Crippen molar-refractivity contribution in [2.45, 2.75) is 59.7 Å². The Bertz CT molecular complexity index is 1340. The van der Waals surface area contributed by atoms with E-state index < -0.39 is 34.9 Å². The van der Waals surface area contributed by atoms with Crippen LogP contribution in [0.25, 0.3) is 10.9 Å². The van der Waals surface area contributed by atoms with Crippen LogP contribution in [0, 0.1) is 11.3 Å². The summed E-state index contributed by atoms with van der Waals surface area (Å²) >= 11 is 0. The van der Waals surface area contributed by atoms with Crippen LogP contribution in [0.1, 0.15) is 69.4 Å². The first-order valence-corrected chi connectivity index (χ1v) is 12.6. The number of nitrogens with zero attached hydrogens (tertiary/aromatic N) is 4. The van der Waals surface area contributed by atoms with E-state index in [1.165, 1.54) is 10.9 Å². The monoisotopic (exact) mass is 531 g/mol. The van der Waals surface area contributed by atoms with E-state index >= 15 is 0 Å². The quantitative estimate of drug-likeness (QED) is 0.626. The van der Waals surface area contributed by atoms with Crippen molar-refractivity contribution in [3.63, 3.8) is 0 Å². The summed E-state index contributed by atoms with van der Waals surface area (Å²) in [5.41, 5.74) is -0.141. The number of aliphatic imine (C=N–C) groups is 1. The van der Waals surface area contributed by atoms with Crippen molar-refractivity contribution in [2.24, 2.45) is 16.3 Å². The molecule has 11 heteroatoms. The maximum absolute atomic E-state index is 13.8. The van der Waals surface area contributed by atoms with Gasteiger partial charge in [-0.2, -0.15) is 18.3 Å². The molecule has 4 rings (SSSR count). The highest BCUT2D eigenvalue weighted by Crippen LogP contribution is 2.36. The molecule has 8 nitrogen and oxygen atoms in total. The molecule has 1 N–H and O–H groups in total. The molecule has 2 aliphatic heterocycles. The van der Waals surface area contributed by atoms with Crippen LogP contribution < -0.4 is 5.32 Å². The summed E-state index contributed by atoms with van der Waals surface area (Å²) in [7, 11) is 0. The Kier molecular flexibility index (Phi) is 7.24. The van der Waals surface area contributed by atoms with Crippen LogP contribution in [-0.2, 0) is 15.8 Å². The fourth-order valence-corrected chi connectivity index (χ4v) is 5.02. The minimum atomic E-state index is -4.67. The van der Waals surface area contributed by atoms with Crippen LogP contribution in [0.2, 0.25) is 0 Å². The second kappa shape index (κ2) is 9.99. The summed E-state index contributed by atoms with van der Waals surface area (Å²) in [6, 6.07) is 1.62. The van der Waals surface area contributed by atoms with E-state index in [1.807, 2.05) is 20.8 Å². The number of nitrogens with one attached hydrogen (secondary N) is 1. The number of dihydropyridines is 1. The third-order valence-electron chi connectivity index (χ3n) is 7.06. The minimum Gasteiger partial charge on any atom is -0.351 e. The van der Waals surface area contributed by atoms with Gasteiger partial charge in [0.25, 0.3) is 11.8 Å². The van der Waals surface area contributed by atoms with Crippen LogP contribution >= 0.6 is 0 Å². The summed E-state index contributed by atoms with van der Waals surface area (Å²) in [5, 5.41) is 7.28. The summed E-state index contributed by atoms with van der Waals surface area (Å²) in [5.74, 6) is -1.77. The zero-order valence-corrected chi connectivity index (χ0v) is 22.1. The summed E-state index contributed by atoms with van der Waals surface area (Å²) in [6.45, 7) is 9.86. The first kappa shape index (κ1) is 27.5. The lowest BCUT2D eigenvalue weighted by atomic mass is 9.93. The molecular formula is C27H32F3N5O3. The van der Waals surface area contributed by atoms with Gasteiger partial charge in [-0.3, -0.25) is 19.1 Å². The number of fused-ring (bicyclic) bond motifs is 1. The average Bonchev–Trinajstić information content (AvgIpc) is 3.25. The molecule has 2 aliphatic rings. The Balaban J connectivity index is 1.60. The first-order valence-electron chi connectivity index (χ1n) is 12.6. The van der Waals surface area contributed by atoms with E-state index in [0.717, 1.165) is 17.7 Å². The van der Waals surface area contributed by atoms with Gasteiger partial charge in [-0.1, -0.05) is 26.3 Å². The molecule has 3 heterocycles. The largest absolute Gasteiger partial charge is 0.416 e. The van der Waals surface area contributed by atoms with Gasteiger partial charge < -0.3 is 10.2 Å². The number of likely N-dealkylation sites (tertiary alicyclic amines) is 1. The molecule has 1 fully saturated rings. The lowest BCUT2D eigenvalue weighted by Crippen LogP contribution is -2.44. The van der Waals surface area contributed by atoms with E-state index in [0.29, 0.717) is 37.0 Å². The van der Waals surface area contributed by atoms with Crippen LogP contribution in [0.5, 0.6) is 0 Å². The SMILES string of the molecule is CC1=CC(C)=NC(=O)C1CNC(=O)c1cc(C(F)(F)F)cc2c1cnn2C1CCN(C(=O)C(C)(C)C)CC1. The zero-order chi connectivity index (χ0) is 28.0. The van der Waals surface area contributed by atoms with Gasteiger partial charge in [0.1, 0.15) is 0 Å². The Morgan fingerprint density at radius 2 is 1.76 bits per heavy atom. The Hall–Kier alpha value is -3.50. The topological polar surface area (TPSA) is 96.7 Å². The number of aromatic nitrogens is 2. The zero-order valence-electron chi connectivity index (χ0n) is 22.1. The summed E-state index contributed by atoms with van der Waals surface area (Å²) in [6.07, 6.45) is -0.462. The molecule has 1 aromatic heterocycles. The van der Waals surface area contributed by atoms with Gasteiger partial charge >= 0.3 is 6.18 Å². The summed E-state index contributed by atoms with van der Waals surface area (Å²) in [4.78, 5) is 43.7. The number of hydrogen-bond acceptors (Lipinski definition) is 4. The Morgan fingerprint density at radius 1 is 1.11 bits per heavy atom. The molecule has 0 spiro atoms. The number of piperidine rings is 1. The number of amides is 3. The molecule has 2 aromatic rings. The number of benzene rings is 1. The van der Waals surface area contributed by atoms with Gasteiger partial charge in [0.05, 0.1) is 34.8 Å². The highest BCUT2D eigenvalue weighted by Gasteiger charge is 2.35. The maximum Gasteiger partial charge on any atom is 0.416 e. The van der Waals surface area contributed by atoms with Crippen LogP contribution in [-0.4, -0.2) is 57.7 Å². The Morgan fingerprint density at radius 3 is 2.34 bits per heavy atom. The predicted molar refractivity (Wildman–Crippen MR) is 137 cm³/mol. The molecule has 1 saturated heterocycles. The van der Waals surface area contributed by atoms with E-state index in [9.17, 15) is 27.6 Å². The van der Waals surface area contributed by atoms with Crippen LogP contribution in [0.3, 0.4) is 0 Å². The number of carbonyl (C=O) groups excluding carboxylic acids is 3. The maximum atomic E-state index is 13.8. The molecule has 204 valence electrons. The van der Waals surface area contributed by atoms with Gasteiger partial charge in [-0.05, 0) is 44.9 Å². The molecule has 1 unspecified atom stereocenters. The molecule has 3 amide bonds. The molecule has 1 atom stereocenters. The fourth-order valence-electron chi connectivity index (χ4n) is 5.02. The number of halogens is 3. The molecule has 38 heavy (non-hydrogen) atoms. The number of alkyl halides is 3. The molecule has 0 radical (unpaired) electrons.